The Hall–Kier alpha value is -4.25. The van der Waals surface area contributed by atoms with Gasteiger partial charge in [-0.2, -0.15) is 0 Å². The molecule has 4 N–H and O–H groups in total. The molecule has 1 saturated heterocycles. The average molecular weight is 686 g/mol. The number of benzene rings is 3. The van der Waals surface area contributed by atoms with E-state index in [-0.39, 0.29) is 43.8 Å². The molecule has 10 heteroatoms. The minimum absolute atomic E-state index is 0.0537. The van der Waals surface area contributed by atoms with Gasteiger partial charge in [0.15, 0.2) is 5.60 Å². The maximum absolute atomic E-state index is 14.0. The second-order valence-corrected chi connectivity index (χ2v) is 13.0. The zero-order chi connectivity index (χ0) is 32.4. The molecule has 0 saturated carbocycles. The van der Waals surface area contributed by atoms with Crippen LogP contribution in [0.2, 0.25) is 0 Å². The largest absolute Gasteiger partial charge is 0.394 e. The molecule has 2 aliphatic rings. The van der Waals surface area contributed by atoms with E-state index in [0.29, 0.717) is 23.5 Å². The van der Waals surface area contributed by atoms with Crippen LogP contribution in [0.1, 0.15) is 42.9 Å². The quantitative estimate of drug-likeness (QED) is 0.166. The van der Waals surface area contributed by atoms with E-state index in [2.05, 4.69) is 26.2 Å². The van der Waals surface area contributed by atoms with Crippen molar-refractivity contribution in [3.8, 4) is 0 Å². The lowest BCUT2D eigenvalue weighted by Crippen LogP contribution is -2.44. The minimum Gasteiger partial charge on any atom is -0.394 e. The Balaban J connectivity index is 1.16. The molecule has 3 amide bonds. The first-order valence-electron chi connectivity index (χ1n) is 15.5. The van der Waals surface area contributed by atoms with Gasteiger partial charge in [0.1, 0.15) is 0 Å². The van der Waals surface area contributed by atoms with E-state index in [0.717, 1.165) is 39.3 Å². The summed E-state index contributed by atoms with van der Waals surface area (Å²) in [6.07, 6.45) is 7.27. The minimum atomic E-state index is -1.84. The van der Waals surface area contributed by atoms with Crippen LogP contribution in [-0.4, -0.2) is 57.0 Å². The maximum atomic E-state index is 14.0. The summed E-state index contributed by atoms with van der Waals surface area (Å²) in [6, 6.07) is 20.5. The molecule has 46 heavy (non-hydrogen) atoms. The molecule has 1 aromatic heterocycles. The summed E-state index contributed by atoms with van der Waals surface area (Å²) in [5, 5.41) is 25.6. The van der Waals surface area contributed by atoms with Crippen molar-refractivity contribution in [1.29, 1.82) is 0 Å². The van der Waals surface area contributed by atoms with Gasteiger partial charge in [-0.25, -0.2) is 0 Å². The average Bonchev–Trinajstić information content (AvgIpc) is 3.75. The molecule has 0 unspecified atom stereocenters. The topological polar surface area (TPSA) is 126 Å². The van der Waals surface area contributed by atoms with Crippen LogP contribution in [0.25, 0.3) is 10.9 Å². The first kappa shape index (κ1) is 31.7. The summed E-state index contributed by atoms with van der Waals surface area (Å²) < 4.78 is 0.731. The van der Waals surface area contributed by atoms with Gasteiger partial charge >= 0.3 is 0 Å². The Morgan fingerprint density at radius 3 is 2.80 bits per heavy atom. The normalized spacial score (nSPS) is 20.1. The van der Waals surface area contributed by atoms with E-state index in [4.69, 9.17) is 0 Å². The number of hydrogen-bond donors (Lipinski definition) is 4. The highest BCUT2D eigenvalue weighted by Crippen LogP contribution is 2.46. The number of nitrogens with zero attached hydrogens (tertiary/aromatic N) is 2. The third-order valence-electron chi connectivity index (χ3n) is 9.09. The number of carbonyl (C=O) groups is 3. The molecule has 2 aliphatic heterocycles. The number of aliphatic hydroxyl groups is 2. The smallest absolute Gasteiger partial charge is 0.264 e. The Kier molecular flexibility index (Phi) is 9.13. The lowest BCUT2D eigenvalue weighted by molar-refractivity contribution is -0.139. The molecule has 238 valence electrons. The van der Waals surface area contributed by atoms with Crippen LogP contribution in [0.5, 0.6) is 0 Å². The summed E-state index contributed by atoms with van der Waals surface area (Å²) in [5.74, 6) is -1.33. The summed E-state index contributed by atoms with van der Waals surface area (Å²) in [6.45, 7) is 2.53. The van der Waals surface area contributed by atoms with Crippen molar-refractivity contribution in [2.75, 3.05) is 23.4 Å². The second-order valence-electron chi connectivity index (χ2n) is 12.1. The number of hydrogen-bond acceptors (Lipinski definition) is 5. The number of halogens is 1. The van der Waals surface area contributed by atoms with E-state index in [1.165, 1.54) is 0 Å². The molecule has 0 bridgehead atoms. The molecule has 3 heterocycles. The number of amides is 3. The van der Waals surface area contributed by atoms with Crippen molar-refractivity contribution in [3.63, 3.8) is 0 Å². The van der Waals surface area contributed by atoms with Crippen molar-refractivity contribution in [1.82, 2.24) is 9.88 Å². The molecular weight excluding hydrogens is 648 g/mol. The fourth-order valence-electron chi connectivity index (χ4n) is 6.65. The SMILES string of the molecule is C[C@H](/C=C/CC(=O)N1CCC[C@H]1CO)[C@@]1(O)C(=O)N(Cc2cccc(NC(=O)Cc3c[nH]c4ccccc34)c2)c2ccc(Br)cc21. The van der Waals surface area contributed by atoms with Crippen LogP contribution in [0.3, 0.4) is 0 Å². The highest BCUT2D eigenvalue weighted by molar-refractivity contribution is 9.10. The molecule has 6 rings (SSSR count). The van der Waals surface area contributed by atoms with Gasteiger partial charge in [0.05, 0.1) is 31.3 Å². The fraction of sp³-hybridized carbons (Fsp3) is 0.306. The molecule has 0 aliphatic carbocycles. The van der Waals surface area contributed by atoms with Crippen LogP contribution in [-0.2, 0) is 33.0 Å². The predicted molar refractivity (Wildman–Crippen MR) is 181 cm³/mol. The number of rotatable bonds is 10. The molecule has 4 aromatic rings. The van der Waals surface area contributed by atoms with Crippen LogP contribution < -0.4 is 10.2 Å². The highest BCUT2D eigenvalue weighted by atomic mass is 79.9. The first-order valence-corrected chi connectivity index (χ1v) is 16.3. The van der Waals surface area contributed by atoms with Crippen molar-refractivity contribution in [2.24, 2.45) is 5.92 Å². The zero-order valence-corrected chi connectivity index (χ0v) is 27.2. The monoisotopic (exact) mass is 684 g/mol. The zero-order valence-electron chi connectivity index (χ0n) is 25.6. The van der Waals surface area contributed by atoms with Gasteiger partial charge in [0.25, 0.3) is 5.91 Å². The standard InChI is InChI=1S/C36H37BrN4O5/c1-23(7-4-13-34(44)40-16-6-10-28(40)22-42)36(46)30-19-26(37)14-15-32(30)41(35(36)45)21-24-8-5-9-27(17-24)39-33(43)18-25-20-38-31-12-3-2-11-29(25)31/h2-5,7-9,11-12,14-15,17,19-20,23,28,38,42,46H,6,10,13,16,18,21-22H2,1H3,(H,39,43)/b7-4+/t23-,28+,36+/m1/s1. The Morgan fingerprint density at radius 2 is 1.98 bits per heavy atom. The number of aromatic amines is 1. The molecule has 0 radical (unpaired) electrons. The van der Waals surface area contributed by atoms with Crippen molar-refractivity contribution < 1.29 is 24.6 Å². The molecule has 0 spiro atoms. The molecule has 3 atom stereocenters. The number of likely N-dealkylation sites (tertiary alicyclic amines) is 1. The maximum Gasteiger partial charge on any atom is 0.264 e. The Bertz CT molecular complexity index is 1820. The van der Waals surface area contributed by atoms with Gasteiger partial charge in [-0.15, -0.1) is 0 Å². The van der Waals surface area contributed by atoms with E-state index >= 15 is 0 Å². The third-order valence-corrected chi connectivity index (χ3v) is 9.59. The first-order chi connectivity index (χ1) is 22.2. The number of para-hydroxylation sites is 1. The molecule has 1 fully saturated rings. The number of fused-ring (bicyclic) bond motifs is 2. The number of anilines is 2. The van der Waals surface area contributed by atoms with Gasteiger partial charge in [-0.05, 0) is 60.4 Å². The van der Waals surface area contributed by atoms with Crippen LogP contribution >= 0.6 is 15.9 Å². The molecular formula is C36H37BrN4O5. The van der Waals surface area contributed by atoms with Crippen LogP contribution in [0.4, 0.5) is 11.4 Å². The number of nitrogens with one attached hydrogen (secondary N) is 2. The van der Waals surface area contributed by atoms with Crippen molar-refractivity contribution in [3.05, 3.63) is 106 Å². The number of aliphatic hydroxyl groups excluding tert-OH is 1. The van der Waals surface area contributed by atoms with Gasteiger partial charge in [-0.1, -0.05) is 65.3 Å². The summed E-state index contributed by atoms with van der Waals surface area (Å²) in [4.78, 5) is 46.2. The van der Waals surface area contributed by atoms with E-state index < -0.39 is 17.4 Å². The Morgan fingerprint density at radius 1 is 1.15 bits per heavy atom. The number of H-pyrrole nitrogens is 1. The summed E-state index contributed by atoms with van der Waals surface area (Å²) in [7, 11) is 0. The van der Waals surface area contributed by atoms with E-state index in [9.17, 15) is 24.6 Å². The van der Waals surface area contributed by atoms with Gasteiger partial charge in [0.2, 0.25) is 11.8 Å². The highest BCUT2D eigenvalue weighted by Gasteiger charge is 2.52. The second kappa shape index (κ2) is 13.2. The number of aromatic nitrogens is 1. The summed E-state index contributed by atoms with van der Waals surface area (Å²) >= 11 is 3.49. The van der Waals surface area contributed by atoms with Crippen LogP contribution in [0.15, 0.2) is 89.6 Å². The van der Waals surface area contributed by atoms with Gasteiger partial charge in [-0.3, -0.25) is 14.4 Å². The number of carbonyl (C=O) groups excluding carboxylic acids is 3. The summed E-state index contributed by atoms with van der Waals surface area (Å²) in [5.41, 5.74) is 2.53. The molecule has 3 aromatic carbocycles. The predicted octanol–water partition coefficient (Wildman–Crippen LogP) is 5.41. The van der Waals surface area contributed by atoms with Gasteiger partial charge < -0.3 is 30.3 Å². The van der Waals surface area contributed by atoms with Crippen molar-refractivity contribution >= 4 is 55.9 Å². The third kappa shape index (κ3) is 6.12. The lowest BCUT2D eigenvalue weighted by atomic mass is 9.83. The van der Waals surface area contributed by atoms with E-state index in [1.807, 2.05) is 66.9 Å². The van der Waals surface area contributed by atoms with Crippen molar-refractivity contribution in [2.45, 2.75) is 50.8 Å². The van der Waals surface area contributed by atoms with Crippen LogP contribution in [0, 0.1) is 5.92 Å². The van der Waals surface area contributed by atoms with Gasteiger partial charge in [0, 0.05) is 51.7 Å². The van der Waals surface area contributed by atoms with E-state index in [1.54, 1.807) is 34.9 Å². The molecule has 9 nitrogen and oxygen atoms in total. The fourth-order valence-corrected chi connectivity index (χ4v) is 7.01. The lowest BCUT2D eigenvalue weighted by Gasteiger charge is -2.28. The Labute approximate surface area is 276 Å².